The van der Waals surface area contributed by atoms with Gasteiger partial charge in [-0.3, -0.25) is 4.79 Å². The van der Waals surface area contributed by atoms with Crippen molar-refractivity contribution in [2.75, 3.05) is 5.75 Å². The summed E-state index contributed by atoms with van der Waals surface area (Å²) in [5.74, 6) is -1.28. The monoisotopic (exact) mass is 374 g/mol. The molecule has 0 saturated carbocycles. The number of hydrogen-bond donors (Lipinski definition) is 1. The zero-order valence-electron chi connectivity index (χ0n) is 11.6. The van der Waals surface area contributed by atoms with E-state index in [2.05, 4.69) is 27.8 Å². The van der Waals surface area contributed by atoms with Gasteiger partial charge in [-0.1, -0.05) is 31.5 Å². The second-order valence-corrected chi connectivity index (χ2v) is 6.49. The first-order valence-electron chi connectivity index (χ1n) is 6.72. The van der Waals surface area contributed by atoms with Crippen molar-refractivity contribution in [1.82, 2.24) is 9.55 Å². The fraction of sp³-hybridized carbons (Fsp3) is 0.429. The normalized spacial score (nSPS) is 11.2. The summed E-state index contributed by atoms with van der Waals surface area (Å²) >= 11 is 4.32. The van der Waals surface area contributed by atoms with Gasteiger partial charge >= 0.3 is 5.97 Å². The fourth-order valence-electron chi connectivity index (χ4n) is 2.07. The summed E-state index contributed by atoms with van der Waals surface area (Å²) in [4.78, 5) is 15.2. The van der Waals surface area contributed by atoms with E-state index in [0.717, 1.165) is 19.3 Å². The molecule has 7 heteroatoms. The predicted octanol–water partition coefficient (Wildman–Crippen LogP) is 4.30. The number of carboxylic acids is 1. The van der Waals surface area contributed by atoms with Gasteiger partial charge in [0, 0.05) is 12.6 Å². The third kappa shape index (κ3) is 3.97. The molecule has 0 aliphatic heterocycles. The number of fused-ring (bicyclic) bond motifs is 1. The zero-order valence-corrected chi connectivity index (χ0v) is 14.0. The van der Waals surface area contributed by atoms with Crippen molar-refractivity contribution in [1.29, 1.82) is 0 Å². The number of halogens is 2. The summed E-state index contributed by atoms with van der Waals surface area (Å²) in [6.07, 6.45) is 3.12. The Morgan fingerprint density at radius 2 is 2.24 bits per heavy atom. The Kier molecular flexibility index (Phi) is 5.64. The van der Waals surface area contributed by atoms with E-state index < -0.39 is 5.97 Å². The number of hydrogen-bond acceptors (Lipinski definition) is 3. The number of aromatic nitrogens is 2. The molecular weight excluding hydrogens is 359 g/mol. The number of unbranched alkanes of at least 4 members (excludes halogenated alkanes) is 2. The van der Waals surface area contributed by atoms with Crippen LogP contribution in [-0.2, 0) is 11.3 Å². The molecule has 0 aliphatic carbocycles. The number of nitrogens with zero attached hydrogens (tertiary/aromatic N) is 2. The third-order valence-corrected chi connectivity index (χ3v) is 4.63. The average Bonchev–Trinajstić information content (AvgIpc) is 2.75. The maximum atomic E-state index is 13.8. The number of benzene rings is 1. The molecule has 0 bridgehead atoms. The molecule has 1 aromatic carbocycles. The molecule has 1 N–H and O–H groups in total. The molecule has 0 fully saturated rings. The maximum Gasteiger partial charge on any atom is 0.313 e. The van der Waals surface area contributed by atoms with Crippen molar-refractivity contribution in [2.24, 2.45) is 0 Å². The minimum atomic E-state index is -0.889. The number of rotatable bonds is 7. The van der Waals surface area contributed by atoms with Crippen LogP contribution < -0.4 is 0 Å². The van der Waals surface area contributed by atoms with Crippen molar-refractivity contribution in [3.63, 3.8) is 0 Å². The van der Waals surface area contributed by atoms with Gasteiger partial charge in [-0.05, 0) is 28.4 Å². The second-order valence-electron chi connectivity index (χ2n) is 4.69. The summed E-state index contributed by atoms with van der Waals surface area (Å²) in [5, 5.41) is 9.44. The predicted molar refractivity (Wildman–Crippen MR) is 85.3 cm³/mol. The Bertz CT molecular complexity index is 660. The Labute approximate surface area is 134 Å². The molecule has 1 aromatic heterocycles. The van der Waals surface area contributed by atoms with Gasteiger partial charge in [-0.2, -0.15) is 0 Å². The quantitative estimate of drug-likeness (QED) is 0.579. The van der Waals surface area contributed by atoms with Gasteiger partial charge in [0.15, 0.2) is 5.16 Å². The summed E-state index contributed by atoms with van der Waals surface area (Å²) in [6.45, 7) is 2.83. The lowest BCUT2D eigenvalue weighted by molar-refractivity contribution is -0.133. The van der Waals surface area contributed by atoms with Crippen LogP contribution in [0.3, 0.4) is 0 Å². The lowest BCUT2D eigenvalue weighted by atomic mass is 10.2. The number of aliphatic carboxylic acids is 1. The van der Waals surface area contributed by atoms with Crippen molar-refractivity contribution >= 4 is 44.7 Å². The molecule has 21 heavy (non-hydrogen) atoms. The SMILES string of the molecule is CCCCCn1c(SCC(=O)O)nc2cc(Br)c(F)cc21. The number of thioether (sulfide) groups is 1. The molecule has 0 amide bonds. The van der Waals surface area contributed by atoms with Crippen LogP contribution in [0, 0.1) is 5.82 Å². The van der Waals surface area contributed by atoms with Crippen LogP contribution in [-0.4, -0.2) is 26.4 Å². The van der Waals surface area contributed by atoms with Crippen LogP contribution in [0.4, 0.5) is 4.39 Å². The van der Waals surface area contributed by atoms with E-state index in [1.807, 2.05) is 4.57 Å². The Hall–Kier alpha value is -1.08. The van der Waals surface area contributed by atoms with Gasteiger partial charge in [0.25, 0.3) is 0 Å². The largest absolute Gasteiger partial charge is 0.481 e. The van der Waals surface area contributed by atoms with Gasteiger partial charge in [-0.25, -0.2) is 9.37 Å². The standard InChI is InChI=1S/C14H16BrFN2O2S/c1-2-3-4-5-18-12-7-10(16)9(15)6-11(12)17-14(18)21-8-13(19)20/h6-7H,2-5,8H2,1H3,(H,19,20). The Morgan fingerprint density at radius 1 is 1.48 bits per heavy atom. The van der Waals surface area contributed by atoms with E-state index in [-0.39, 0.29) is 11.6 Å². The zero-order chi connectivity index (χ0) is 15.4. The summed E-state index contributed by atoms with van der Waals surface area (Å²) < 4.78 is 16.0. The van der Waals surface area contributed by atoms with Crippen LogP contribution in [0.1, 0.15) is 26.2 Å². The van der Waals surface area contributed by atoms with Crippen molar-refractivity contribution in [3.8, 4) is 0 Å². The van der Waals surface area contributed by atoms with Crippen molar-refractivity contribution in [3.05, 3.63) is 22.4 Å². The van der Waals surface area contributed by atoms with E-state index in [1.54, 1.807) is 6.07 Å². The van der Waals surface area contributed by atoms with E-state index >= 15 is 0 Å². The van der Waals surface area contributed by atoms with Crippen molar-refractivity contribution in [2.45, 2.75) is 37.9 Å². The molecule has 2 aromatic rings. The number of aryl methyl sites for hydroxylation is 1. The maximum absolute atomic E-state index is 13.8. The third-order valence-electron chi connectivity index (χ3n) is 3.07. The minimum absolute atomic E-state index is 0.0548. The molecule has 114 valence electrons. The Morgan fingerprint density at radius 3 is 2.90 bits per heavy atom. The average molecular weight is 375 g/mol. The molecule has 0 spiro atoms. The lowest BCUT2D eigenvalue weighted by Gasteiger charge is -2.08. The second kappa shape index (κ2) is 7.26. The molecule has 0 atom stereocenters. The summed E-state index contributed by atoms with van der Waals surface area (Å²) in [6, 6.07) is 3.08. The highest BCUT2D eigenvalue weighted by Crippen LogP contribution is 2.28. The number of imidazole rings is 1. The first-order valence-corrected chi connectivity index (χ1v) is 8.50. The van der Waals surface area contributed by atoms with Gasteiger partial charge in [-0.15, -0.1) is 0 Å². The molecule has 0 radical (unpaired) electrons. The highest BCUT2D eigenvalue weighted by atomic mass is 79.9. The number of carbonyl (C=O) groups is 1. The Balaban J connectivity index is 2.39. The summed E-state index contributed by atoms with van der Waals surface area (Å²) in [5.41, 5.74) is 1.38. The van der Waals surface area contributed by atoms with Crippen LogP contribution in [0.2, 0.25) is 0 Å². The fourth-order valence-corrected chi connectivity index (χ4v) is 3.16. The number of carboxylic acid groups (broad SMARTS) is 1. The molecule has 4 nitrogen and oxygen atoms in total. The molecular formula is C14H16BrFN2O2S. The van der Waals surface area contributed by atoms with Crippen molar-refractivity contribution < 1.29 is 14.3 Å². The van der Waals surface area contributed by atoms with E-state index in [1.165, 1.54) is 17.8 Å². The smallest absolute Gasteiger partial charge is 0.313 e. The molecule has 0 aliphatic rings. The highest BCUT2D eigenvalue weighted by Gasteiger charge is 2.14. The van der Waals surface area contributed by atoms with E-state index in [4.69, 9.17) is 5.11 Å². The van der Waals surface area contributed by atoms with Gasteiger partial charge < -0.3 is 9.67 Å². The van der Waals surface area contributed by atoms with E-state index in [9.17, 15) is 9.18 Å². The van der Waals surface area contributed by atoms with Crippen LogP contribution in [0.15, 0.2) is 21.8 Å². The lowest BCUT2D eigenvalue weighted by Crippen LogP contribution is -2.03. The minimum Gasteiger partial charge on any atom is -0.481 e. The van der Waals surface area contributed by atoms with Gasteiger partial charge in [0.05, 0.1) is 21.3 Å². The van der Waals surface area contributed by atoms with Crippen LogP contribution >= 0.6 is 27.7 Å². The first kappa shape index (κ1) is 16.3. The van der Waals surface area contributed by atoms with E-state index in [0.29, 0.717) is 27.2 Å². The highest BCUT2D eigenvalue weighted by molar-refractivity contribution is 9.10. The van der Waals surface area contributed by atoms with Crippen LogP contribution in [0.5, 0.6) is 0 Å². The summed E-state index contributed by atoms with van der Waals surface area (Å²) in [7, 11) is 0. The topological polar surface area (TPSA) is 55.1 Å². The molecule has 1 heterocycles. The van der Waals surface area contributed by atoms with Crippen LogP contribution in [0.25, 0.3) is 11.0 Å². The van der Waals surface area contributed by atoms with Gasteiger partial charge in [0.2, 0.25) is 0 Å². The van der Waals surface area contributed by atoms with Gasteiger partial charge in [0.1, 0.15) is 5.82 Å². The molecule has 0 saturated heterocycles. The molecule has 0 unspecified atom stereocenters. The first-order chi connectivity index (χ1) is 10.0. The molecule has 2 rings (SSSR count).